The van der Waals surface area contributed by atoms with Crippen LogP contribution in [0.3, 0.4) is 0 Å². The molecule has 0 saturated carbocycles. The highest BCUT2D eigenvalue weighted by Crippen LogP contribution is 2.27. The lowest BCUT2D eigenvalue weighted by molar-refractivity contribution is 0.0690. The largest absolute Gasteiger partial charge is 0.497 e. The van der Waals surface area contributed by atoms with Gasteiger partial charge in [-0.3, -0.25) is 0 Å². The van der Waals surface area contributed by atoms with E-state index in [-0.39, 0.29) is 18.9 Å². The summed E-state index contributed by atoms with van der Waals surface area (Å²) in [7, 11) is 1.58. The van der Waals surface area contributed by atoms with E-state index in [2.05, 4.69) is 5.10 Å². The minimum Gasteiger partial charge on any atom is -0.497 e. The minimum absolute atomic E-state index is 0.0450. The van der Waals surface area contributed by atoms with Crippen LogP contribution in [-0.2, 0) is 0 Å². The lowest BCUT2D eigenvalue weighted by atomic mass is 10.1. The molecular weight excluding hydrogens is 336 g/mol. The zero-order valence-electron chi connectivity index (χ0n) is 14.1. The van der Waals surface area contributed by atoms with Crippen LogP contribution in [0.25, 0.3) is 16.9 Å². The van der Waals surface area contributed by atoms with Gasteiger partial charge < -0.3 is 19.7 Å². The number of aliphatic hydroxyl groups excluding tert-OH is 1. The fourth-order valence-electron chi connectivity index (χ4n) is 2.50. The van der Waals surface area contributed by atoms with Gasteiger partial charge in [-0.15, -0.1) is 0 Å². The van der Waals surface area contributed by atoms with Crippen LogP contribution in [0.1, 0.15) is 10.5 Å². The highest BCUT2D eigenvalue weighted by molar-refractivity contribution is 5.87. The molecule has 0 aliphatic rings. The maximum Gasteiger partial charge on any atom is 0.356 e. The van der Waals surface area contributed by atoms with E-state index < -0.39 is 5.97 Å². The number of carbonyl (C=O) groups is 1. The molecule has 0 bridgehead atoms. The second-order valence-electron chi connectivity index (χ2n) is 5.43. The van der Waals surface area contributed by atoms with Crippen molar-refractivity contribution in [3.63, 3.8) is 0 Å². The van der Waals surface area contributed by atoms with E-state index >= 15 is 0 Å². The van der Waals surface area contributed by atoms with Crippen LogP contribution in [0.2, 0.25) is 0 Å². The number of hydrogen-bond donors (Lipinski definition) is 2. The molecule has 2 aromatic carbocycles. The van der Waals surface area contributed by atoms with Gasteiger partial charge in [-0.25, -0.2) is 9.48 Å². The first-order chi connectivity index (χ1) is 12.6. The minimum atomic E-state index is -1.10. The number of aromatic carboxylic acids is 1. The quantitative estimate of drug-likeness (QED) is 0.677. The van der Waals surface area contributed by atoms with Gasteiger partial charge in [-0.2, -0.15) is 5.10 Å². The highest BCUT2D eigenvalue weighted by Gasteiger charge is 2.16. The van der Waals surface area contributed by atoms with Crippen molar-refractivity contribution in [2.24, 2.45) is 0 Å². The van der Waals surface area contributed by atoms with Gasteiger partial charge in [-0.1, -0.05) is 0 Å². The van der Waals surface area contributed by atoms with Crippen molar-refractivity contribution in [1.29, 1.82) is 0 Å². The SMILES string of the molecule is COc1ccc(-n2nc(C(=O)O)cc2-c2ccc(OCCO)cc2)cc1. The van der Waals surface area contributed by atoms with Crippen molar-refractivity contribution < 1.29 is 24.5 Å². The van der Waals surface area contributed by atoms with E-state index in [4.69, 9.17) is 14.6 Å². The average molecular weight is 354 g/mol. The smallest absolute Gasteiger partial charge is 0.356 e. The van der Waals surface area contributed by atoms with Gasteiger partial charge in [0.1, 0.15) is 18.1 Å². The number of hydrogen-bond acceptors (Lipinski definition) is 5. The van der Waals surface area contributed by atoms with Crippen LogP contribution in [0.5, 0.6) is 11.5 Å². The average Bonchev–Trinajstić information content (AvgIpc) is 3.12. The van der Waals surface area contributed by atoms with E-state index in [0.29, 0.717) is 22.9 Å². The first-order valence-corrected chi connectivity index (χ1v) is 7.94. The molecule has 3 aromatic rings. The molecule has 7 nitrogen and oxygen atoms in total. The second kappa shape index (κ2) is 7.71. The monoisotopic (exact) mass is 354 g/mol. The van der Waals surface area contributed by atoms with Crippen molar-refractivity contribution >= 4 is 5.97 Å². The summed E-state index contributed by atoms with van der Waals surface area (Å²) < 4.78 is 12.1. The predicted molar refractivity (Wildman–Crippen MR) is 95.1 cm³/mol. The van der Waals surface area contributed by atoms with E-state index in [1.54, 1.807) is 48.2 Å². The molecule has 0 saturated heterocycles. The zero-order valence-corrected chi connectivity index (χ0v) is 14.1. The number of aromatic nitrogens is 2. The van der Waals surface area contributed by atoms with Gasteiger partial charge in [-0.05, 0) is 54.6 Å². The van der Waals surface area contributed by atoms with E-state index in [1.165, 1.54) is 6.07 Å². The molecule has 0 aliphatic heterocycles. The number of methoxy groups -OCH3 is 1. The summed E-state index contributed by atoms with van der Waals surface area (Å²) in [6, 6.07) is 15.9. The molecule has 0 spiro atoms. The Labute approximate surface area is 150 Å². The maximum atomic E-state index is 11.4. The van der Waals surface area contributed by atoms with Crippen molar-refractivity contribution in [2.45, 2.75) is 0 Å². The Bertz CT molecular complexity index is 885. The summed E-state index contributed by atoms with van der Waals surface area (Å²) in [6.45, 7) is 0.153. The van der Waals surface area contributed by atoms with Gasteiger partial charge in [0.05, 0.1) is 25.1 Å². The van der Waals surface area contributed by atoms with Gasteiger partial charge in [0, 0.05) is 5.56 Å². The van der Waals surface area contributed by atoms with Crippen LogP contribution in [0.4, 0.5) is 0 Å². The number of aliphatic hydroxyl groups is 1. The lowest BCUT2D eigenvalue weighted by Crippen LogP contribution is -2.03. The molecule has 134 valence electrons. The number of rotatable bonds is 7. The summed E-state index contributed by atoms with van der Waals surface area (Å²) in [4.78, 5) is 11.4. The Hall–Kier alpha value is -3.32. The number of benzene rings is 2. The van der Waals surface area contributed by atoms with E-state index in [0.717, 1.165) is 5.56 Å². The van der Waals surface area contributed by atoms with Crippen molar-refractivity contribution in [3.8, 4) is 28.4 Å². The summed E-state index contributed by atoms with van der Waals surface area (Å²) in [5, 5.41) is 22.3. The molecule has 0 radical (unpaired) electrons. The maximum absolute atomic E-state index is 11.4. The molecular formula is C19H18N2O5. The second-order valence-corrected chi connectivity index (χ2v) is 5.43. The Morgan fingerprint density at radius 1 is 1.08 bits per heavy atom. The highest BCUT2D eigenvalue weighted by atomic mass is 16.5. The molecule has 0 atom stereocenters. The first kappa shape index (κ1) is 17.5. The molecule has 0 aliphatic carbocycles. The normalized spacial score (nSPS) is 10.5. The third-order valence-electron chi connectivity index (χ3n) is 3.76. The fourth-order valence-corrected chi connectivity index (χ4v) is 2.50. The Balaban J connectivity index is 2.00. The third kappa shape index (κ3) is 3.68. The molecule has 2 N–H and O–H groups in total. The Kier molecular flexibility index (Phi) is 5.19. The first-order valence-electron chi connectivity index (χ1n) is 7.94. The van der Waals surface area contributed by atoms with Gasteiger partial charge in [0.25, 0.3) is 0 Å². The molecule has 0 amide bonds. The number of carboxylic acids is 1. The van der Waals surface area contributed by atoms with Crippen LogP contribution >= 0.6 is 0 Å². The topological polar surface area (TPSA) is 93.8 Å². The number of ether oxygens (including phenoxy) is 2. The Morgan fingerprint density at radius 3 is 2.31 bits per heavy atom. The van der Waals surface area contributed by atoms with Crippen LogP contribution in [-0.4, -0.2) is 46.3 Å². The molecule has 7 heteroatoms. The summed E-state index contributed by atoms with van der Waals surface area (Å²) in [6.07, 6.45) is 0. The summed E-state index contributed by atoms with van der Waals surface area (Å²) in [5.41, 5.74) is 2.10. The molecule has 1 heterocycles. The van der Waals surface area contributed by atoms with Crippen LogP contribution in [0.15, 0.2) is 54.6 Å². The van der Waals surface area contributed by atoms with Gasteiger partial charge >= 0.3 is 5.97 Å². The van der Waals surface area contributed by atoms with Crippen molar-refractivity contribution in [3.05, 3.63) is 60.3 Å². The third-order valence-corrected chi connectivity index (χ3v) is 3.76. The van der Waals surface area contributed by atoms with E-state index in [9.17, 15) is 9.90 Å². The number of nitrogens with zero attached hydrogens (tertiary/aromatic N) is 2. The van der Waals surface area contributed by atoms with Gasteiger partial charge in [0.15, 0.2) is 5.69 Å². The Morgan fingerprint density at radius 2 is 1.73 bits per heavy atom. The summed E-state index contributed by atoms with van der Waals surface area (Å²) in [5.74, 6) is 0.226. The predicted octanol–water partition coefficient (Wildman–Crippen LogP) is 2.62. The van der Waals surface area contributed by atoms with Crippen molar-refractivity contribution in [2.75, 3.05) is 20.3 Å². The summed E-state index contributed by atoms with van der Waals surface area (Å²) >= 11 is 0. The molecule has 3 rings (SSSR count). The standard InChI is InChI=1S/C19H18N2O5/c1-25-15-8-4-14(5-9-15)21-18(12-17(20-21)19(23)24)13-2-6-16(7-3-13)26-11-10-22/h2-9,12,22H,10-11H2,1H3,(H,23,24). The number of carboxylic acid groups (broad SMARTS) is 1. The van der Waals surface area contributed by atoms with Crippen LogP contribution < -0.4 is 9.47 Å². The molecule has 0 unspecified atom stereocenters. The molecule has 0 fully saturated rings. The molecule has 1 aromatic heterocycles. The van der Waals surface area contributed by atoms with Gasteiger partial charge in [0.2, 0.25) is 0 Å². The molecule has 26 heavy (non-hydrogen) atoms. The van der Waals surface area contributed by atoms with E-state index in [1.807, 2.05) is 12.1 Å². The van der Waals surface area contributed by atoms with Crippen molar-refractivity contribution in [1.82, 2.24) is 9.78 Å². The fraction of sp³-hybridized carbons (Fsp3) is 0.158. The lowest BCUT2D eigenvalue weighted by Gasteiger charge is -2.09. The zero-order chi connectivity index (χ0) is 18.5. The van der Waals surface area contributed by atoms with Crippen LogP contribution in [0, 0.1) is 0 Å².